The first-order valence-electron chi connectivity index (χ1n) is 7.89. The molecule has 24 heavy (non-hydrogen) atoms. The third kappa shape index (κ3) is 2.86. The molecule has 8 nitrogen and oxygen atoms in total. The number of hydrogen-bond acceptors (Lipinski definition) is 5. The summed E-state index contributed by atoms with van der Waals surface area (Å²) >= 11 is 0. The van der Waals surface area contributed by atoms with Gasteiger partial charge in [-0.25, -0.2) is 4.68 Å². The van der Waals surface area contributed by atoms with Gasteiger partial charge in [0.2, 0.25) is 5.91 Å². The largest absolute Gasteiger partial charge is 0.349 e. The van der Waals surface area contributed by atoms with E-state index in [4.69, 9.17) is 0 Å². The Morgan fingerprint density at radius 1 is 1.50 bits per heavy atom. The highest BCUT2D eigenvalue weighted by Gasteiger charge is 2.32. The molecule has 2 amide bonds. The molecule has 1 aliphatic heterocycles. The van der Waals surface area contributed by atoms with E-state index in [2.05, 4.69) is 25.9 Å². The van der Waals surface area contributed by atoms with Crippen LogP contribution in [-0.4, -0.2) is 31.8 Å². The summed E-state index contributed by atoms with van der Waals surface area (Å²) in [4.78, 5) is 28.4. The second kappa shape index (κ2) is 6.38. The highest BCUT2D eigenvalue weighted by molar-refractivity contribution is 5.93. The van der Waals surface area contributed by atoms with Crippen LogP contribution in [0.2, 0.25) is 0 Å². The van der Waals surface area contributed by atoms with Crippen molar-refractivity contribution in [2.75, 3.05) is 0 Å². The normalized spacial score (nSPS) is 16.7. The topological polar surface area (TPSA) is 102 Å². The van der Waals surface area contributed by atoms with Crippen molar-refractivity contribution < 1.29 is 9.59 Å². The van der Waals surface area contributed by atoms with Gasteiger partial charge in [0.1, 0.15) is 17.4 Å². The van der Waals surface area contributed by atoms with Gasteiger partial charge in [0.15, 0.2) is 0 Å². The van der Waals surface area contributed by atoms with E-state index >= 15 is 0 Å². The Morgan fingerprint density at radius 2 is 2.29 bits per heavy atom. The Labute approximate surface area is 139 Å². The van der Waals surface area contributed by atoms with E-state index in [9.17, 15) is 9.59 Å². The summed E-state index contributed by atoms with van der Waals surface area (Å²) in [6.07, 6.45) is 1.59. The second-order valence-corrected chi connectivity index (χ2v) is 6.19. The van der Waals surface area contributed by atoms with Crippen molar-refractivity contribution in [3.63, 3.8) is 0 Å². The minimum atomic E-state index is -0.372. The molecule has 1 atom stereocenters. The molecule has 1 aliphatic rings. The Morgan fingerprint density at radius 3 is 3.00 bits per heavy atom. The number of amides is 2. The van der Waals surface area contributed by atoms with E-state index in [0.717, 1.165) is 11.3 Å². The van der Waals surface area contributed by atoms with Crippen LogP contribution in [0.25, 0.3) is 0 Å². The van der Waals surface area contributed by atoms with Crippen molar-refractivity contribution in [3.05, 3.63) is 41.0 Å². The van der Waals surface area contributed by atoms with Crippen molar-refractivity contribution in [3.8, 4) is 0 Å². The number of carbonyl (C=O) groups is 2. The average Bonchev–Trinajstić information content (AvgIpc) is 2.95. The number of rotatable bonds is 4. The predicted molar refractivity (Wildman–Crippen MR) is 85.9 cm³/mol. The van der Waals surface area contributed by atoms with E-state index in [1.54, 1.807) is 16.9 Å². The maximum absolute atomic E-state index is 12.3. The summed E-state index contributed by atoms with van der Waals surface area (Å²) in [5.41, 5.74) is 2.69. The van der Waals surface area contributed by atoms with Crippen LogP contribution < -0.4 is 10.6 Å². The molecule has 0 saturated carbocycles. The lowest BCUT2D eigenvalue weighted by Crippen LogP contribution is -2.42. The molecule has 0 aromatic carbocycles. The molecule has 0 saturated heterocycles. The fraction of sp³-hybridized carbons (Fsp3) is 0.438. The van der Waals surface area contributed by atoms with Gasteiger partial charge < -0.3 is 10.6 Å². The predicted octanol–water partition coefficient (Wildman–Crippen LogP) is 0.738. The minimum Gasteiger partial charge on any atom is -0.349 e. The van der Waals surface area contributed by atoms with Gasteiger partial charge >= 0.3 is 0 Å². The third-order valence-electron chi connectivity index (χ3n) is 4.11. The van der Waals surface area contributed by atoms with Crippen molar-refractivity contribution in [1.82, 2.24) is 30.6 Å². The van der Waals surface area contributed by atoms with E-state index in [1.165, 1.54) is 0 Å². The molecule has 2 aromatic heterocycles. The molecule has 0 aliphatic carbocycles. The second-order valence-electron chi connectivity index (χ2n) is 6.19. The number of pyridine rings is 1. The lowest BCUT2D eigenvalue weighted by Gasteiger charge is -2.26. The first-order valence-corrected chi connectivity index (χ1v) is 7.89. The van der Waals surface area contributed by atoms with E-state index < -0.39 is 0 Å². The minimum absolute atomic E-state index is 0.0536. The van der Waals surface area contributed by atoms with Crippen molar-refractivity contribution in [2.45, 2.75) is 39.9 Å². The van der Waals surface area contributed by atoms with E-state index in [-0.39, 0.29) is 30.3 Å². The van der Waals surface area contributed by atoms with Crippen LogP contribution in [0.3, 0.4) is 0 Å². The van der Waals surface area contributed by atoms with Gasteiger partial charge in [0, 0.05) is 6.20 Å². The highest BCUT2D eigenvalue weighted by atomic mass is 16.2. The van der Waals surface area contributed by atoms with Gasteiger partial charge in [0.25, 0.3) is 5.91 Å². The first-order chi connectivity index (χ1) is 11.5. The Kier molecular flexibility index (Phi) is 4.28. The Hall–Kier alpha value is -2.77. The van der Waals surface area contributed by atoms with E-state index in [0.29, 0.717) is 17.9 Å². The fourth-order valence-corrected chi connectivity index (χ4v) is 2.83. The van der Waals surface area contributed by atoms with Gasteiger partial charge in [-0.15, -0.1) is 5.10 Å². The average molecular weight is 328 g/mol. The SMILES string of the molecule is Cc1cccnc1C(=O)NCc1nnn2c1CNC(=O)C2C(C)C. The zero-order valence-electron chi connectivity index (χ0n) is 13.9. The number of aryl methyl sites for hydroxylation is 1. The summed E-state index contributed by atoms with van der Waals surface area (Å²) in [5.74, 6) is -0.207. The molecule has 3 heterocycles. The third-order valence-corrected chi connectivity index (χ3v) is 4.11. The van der Waals surface area contributed by atoms with Crippen LogP contribution in [-0.2, 0) is 17.9 Å². The lowest BCUT2D eigenvalue weighted by atomic mass is 10.0. The van der Waals surface area contributed by atoms with Crippen LogP contribution in [0.4, 0.5) is 0 Å². The van der Waals surface area contributed by atoms with Gasteiger partial charge in [0.05, 0.1) is 18.8 Å². The van der Waals surface area contributed by atoms with Crippen LogP contribution >= 0.6 is 0 Å². The molecular formula is C16H20N6O2. The first kappa shape index (κ1) is 16.1. The molecule has 1 unspecified atom stereocenters. The van der Waals surface area contributed by atoms with E-state index in [1.807, 2.05) is 26.8 Å². The number of fused-ring (bicyclic) bond motifs is 1. The summed E-state index contributed by atoms with van der Waals surface area (Å²) in [6.45, 7) is 6.37. The van der Waals surface area contributed by atoms with Crippen LogP contribution in [0, 0.1) is 12.8 Å². The number of nitrogens with zero attached hydrogens (tertiary/aromatic N) is 4. The zero-order valence-corrected chi connectivity index (χ0v) is 13.9. The van der Waals surface area contributed by atoms with Gasteiger partial charge in [-0.2, -0.15) is 0 Å². The monoisotopic (exact) mass is 328 g/mol. The number of hydrogen-bond donors (Lipinski definition) is 2. The summed E-state index contributed by atoms with van der Waals surface area (Å²) < 4.78 is 1.66. The summed E-state index contributed by atoms with van der Waals surface area (Å²) in [6, 6.07) is 3.25. The maximum Gasteiger partial charge on any atom is 0.270 e. The number of nitrogens with one attached hydrogen (secondary N) is 2. The fourth-order valence-electron chi connectivity index (χ4n) is 2.83. The van der Waals surface area contributed by atoms with Gasteiger partial charge in [-0.05, 0) is 24.5 Å². The standard InChI is InChI=1S/C16H20N6O2/c1-9(2)14-16(24)19-8-12-11(20-21-22(12)14)7-18-15(23)13-10(3)5-4-6-17-13/h4-6,9,14H,7-8H2,1-3H3,(H,18,23)(H,19,24). The Bertz CT molecular complexity index is 783. The number of carbonyl (C=O) groups excluding carboxylic acids is 2. The van der Waals surface area contributed by atoms with Crippen molar-refractivity contribution in [2.24, 2.45) is 5.92 Å². The number of aromatic nitrogens is 4. The molecular weight excluding hydrogens is 308 g/mol. The Balaban J connectivity index is 1.76. The molecule has 126 valence electrons. The molecule has 0 fully saturated rings. The van der Waals surface area contributed by atoms with Gasteiger partial charge in [-0.1, -0.05) is 25.1 Å². The molecule has 2 N–H and O–H groups in total. The molecule has 3 rings (SSSR count). The van der Waals surface area contributed by atoms with Gasteiger partial charge in [-0.3, -0.25) is 14.6 Å². The molecule has 0 bridgehead atoms. The smallest absolute Gasteiger partial charge is 0.270 e. The summed E-state index contributed by atoms with van der Waals surface area (Å²) in [5, 5.41) is 13.9. The van der Waals surface area contributed by atoms with Crippen LogP contribution in [0.5, 0.6) is 0 Å². The quantitative estimate of drug-likeness (QED) is 0.862. The molecule has 0 radical (unpaired) electrons. The zero-order chi connectivity index (χ0) is 17.3. The van der Waals surface area contributed by atoms with Crippen LogP contribution in [0.15, 0.2) is 18.3 Å². The van der Waals surface area contributed by atoms with Crippen molar-refractivity contribution in [1.29, 1.82) is 0 Å². The molecule has 8 heteroatoms. The van der Waals surface area contributed by atoms with Crippen LogP contribution in [0.1, 0.15) is 47.3 Å². The molecule has 2 aromatic rings. The lowest BCUT2D eigenvalue weighted by molar-refractivity contribution is -0.127. The molecule has 0 spiro atoms. The summed E-state index contributed by atoms with van der Waals surface area (Å²) in [7, 11) is 0. The maximum atomic E-state index is 12.3. The van der Waals surface area contributed by atoms with Crippen molar-refractivity contribution >= 4 is 11.8 Å². The highest BCUT2D eigenvalue weighted by Crippen LogP contribution is 2.24.